The number of carbonyl (C=O) groups is 1. The Bertz CT molecular complexity index is 917. The SMILES string of the molecule is CS(=O)(=O)c1cccnc1N1CCCN(C(=O)c2cccc(Cl)c2)CC1. The second-order valence-corrected chi connectivity index (χ2v) is 8.66. The minimum atomic E-state index is -3.37. The highest BCUT2D eigenvalue weighted by Crippen LogP contribution is 2.24. The van der Waals surface area contributed by atoms with E-state index in [9.17, 15) is 13.2 Å². The Balaban J connectivity index is 1.78. The molecule has 1 aliphatic rings. The quantitative estimate of drug-likeness (QED) is 0.801. The highest BCUT2D eigenvalue weighted by Gasteiger charge is 2.24. The summed E-state index contributed by atoms with van der Waals surface area (Å²) in [7, 11) is -3.37. The van der Waals surface area contributed by atoms with Gasteiger partial charge < -0.3 is 9.80 Å². The summed E-state index contributed by atoms with van der Waals surface area (Å²) in [4.78, 5) is 20.9. The van der Waals surface area contributed by atoms with Crippen molar-refractivity contribution in [3.8, 4) is 0 Å². The summed E-state index contributed by atoms with van der Waals surface area (Å²) in [6.07, 6.45) is 3.50. The molecule has 0 N–H and O–H groups in total. The van der Waals surface area contributed by atoms with Crippen LogP contribution in [0.15, 0.2) is 47.5 Å². The number of rotatable bonds is 3. The molecule has 0 spiro atoms. The summed E-state index contributed by atoms with van der Waals surface area (Å²) in [5.41, 5.74) is 0.556. The largest absolute Gasteiger partial charge is 0.354 e. The molecule has 2 aromatic rings. The van der Waals surface area contributed by atoms with Crippen LogP contribution < -0.4 is 4.90 Å². The van der Waals surface area contributed by atoms with Gasteiger partial charge in [-0.05, 0) is 36.8 Å². The Morgan fingerprint density at radius 2 is 1.92 bits per heavy atom. The topological polar surface area (TPSA) is 70.6 Å². The van der Waals surface area contributed by atoms with E-state index in [-0.39, 0.29) is 10.8 Å². The summed E-state index contributed by atoms with van der Waals surface area (Å²) in [5, 5.41) is 0.526. The number of pyridine rings is 1. The predicted molar refractivity (Wildman–Crippen MR) is 102 cm³/mol. The summed E-state index contributed by atoms with van der Waals surface area (Å²) in [5.74, 6) is 0.380. The van der Waals surface area contributed by atoms with Crippen LogP contribution in [0.5, 0.6) is 0 Å². The molecule has 1 saturated heterocycles. The van der Waals surface area contributed by atoms with Gasteiger partial charge in [-0.3, -0.25) is 4.79 Å². The third-order valence-electron chi connectivity index (χ3n) is 4.30. The third kappa shape index (κ3) is 4.16. The molecule has 1 amide bonds. The van der Waals surface area contributed by atoms with Crippen LogP contribution in [0.2, 0.25) is 5.02 Å². The summed E-state index contributed by atoms with van der Waals surface area (Å²) >= 11 is 5.98. The van der Waals surface area contributed by atoms with Gasteiger partial charge in [-0.25, -0.2) is 13.4 Å². The lowest BCUT2D eigenvalue weighted by Crippen LogP contribution is -2.35. The van der Waals surface area contributed by atoms with E-state index < -0.39 is 9.84 Å². The summed E-state index contributed by atoms with van der Waals surface area (Å²) < 4.78 is 24.1. The fourth-order valence-corrected chi connectivity index (χ4v) is 4.08. The van der Waals surface area contributed by atoms with Crippen LogP contribution in [0, 0.1) is 0 Å². The van der Waals surface area contributed by atoms with Gasteiger partial charge in [0.1, 0.15) is 10.7 Å². The number of halogens is 1. The number of sulfone groups is 1. The average Bonchev–Trinajstić information content (AvgIpc) is 2.86. The first-order chi connectivity index (χ1) is 12.4. The van der Waals surface area contributed by atoms with Crippen LogP contribution in [0.3, 0.4) is 0 Å². The van der Waals surface area contributed by atoms with E-state index in [0.29, 0.717) is 42.6 Å². The van der Waals surface area contributed by atoms with E-state index >= 15 is 0 Å². The summed E-state index contributed by atoms with van der Waals surface area (Å²) in [6.45, 7) is 2.25. The molecule has 1 fully saturated rings. The maximum absolute atomic E-state index is 12.7. The van der Waals surface area contributed by atoms with Crippen LogP contribution in [0.1, 0.15) is 16.8 Å². The van der Waals surface area contributed by atoms with Gasteiger partial charge >= 0.3 is 0 Å². The van der Waals surface area contributed by atoms with E-state index in [1.54, 1.807) is 47.5 Å². The lowest BCUT2D eigenvalue weighted by molar-refractivity contribution is 0.0767. The normalized spacial score (nSPS) is 15.6. The van der Waals surface area contributed by atoms with Crippen molar-refractivity contribution in [3.63, 3.8) is 0 Å². The zero-order valence-corrected chi connectivity index (χ0v) is 16.0. The van der Waals surface area contributed by atoms with Crippen molar-refractivity contribution in [1.29, 1.82) is 0 Å². The lowest BCUT2D eigenvalue weighted by Gasteiger charge is -2.24. The third-order valence-corrected chi connectivity index (χ3v) is 5.66. The molecule has 6 nitrogen and oxygen atoms in total. The number of carbonyl (C=O) groups excluding carboxylic acids is 1. The van der Waals surface area contributed by atoms with Gasteiger partial charge in [0.15, 0.2) is 9.84 Å². The van der Waals surface area contributed by atoms with Gasteiger partial charge in [-0.1, -0.05) is 17.7 Å². The zero-order chi connectivity index (χ0) is 18.7. The number of anilines is 1. The minimum Gasteiger partial charge on any atom is -0.354 e. The van der Waals surface area contributed by atoms with Gasteiger partial charge in [0.2, 0.25) is 0 Å². The van der Waals surface area contributed by atoms with Crippen molar-refractivity contribution in [2.24, 2.45) is 0 Å². The fourth-order valence-electron chi connectivity index (χ4n) is 3.05. The first-order valence-electron chi connectivity index (χ1n) is 8.31. The van der Waals surface area contributed by atoms with Crippen LogP contribution in [-0.2, 0) is 9.84 Å². The molecule has 26 heavy (non-hydrogen) atoms. The number of nitrogens with zero attached hydrogens (tertiary/aromatic N) is 3. The van der Waals surface area contributed by atoms with Gasteiger partial charge in [-0.2, -0.15) is 0 Å². The number of aromatic nitrogens is 1. The molecule has 1 aromatic heterocycles. The average molecular weight is 394 g/mol. The standard InChI is InChI=1S/C18H20ClN3O3S/c1-26(24,25)16-7-3-8-20-17(16)21-9-4-10-22(12-11-21)18(23)14-5-2-6-15(19)13-14/h2-3,5-8,13H,4,9-12H2,1H3. The Morgan fingerprint density at radius 1 is 1.12 bits per heavy atom. The Kier molecular flexibility index (Phi) is 5.48. The molecule has 3 rings (SSSR count). The van der Waals surface area contributed by atoms with Crippen LogP contribution in [0.25, 0.3) is 0 Å². The van der Waals surface area contributed by atoms with Crippen molar-refractivity contribution < 1.29 is 13.2 Å². The number of hydrogen-bond donors (Lipinski definition) is 0. The maximum atomic E-state index is 12.7. The molecule has 0 saturated carbocycles. The van der Waals surface area contributed by atoms with E-state index in [2.05, 4.69) is 4.98 Å². The number of hydrogen-bond acceptors (Lipinski definition) is 5. The van der Waals surface area contributed by atoms with Gasteiger partial charge in [-0.15, -0.1) is 0 Å². The molecule has 8 heteroatoms. The Morgan fingerprint density at radius 3 is 2.65 bits per heavy atom. The van der Waals surface area contributed by atoms with Gasteiger partial charge in [0.25, 0.3) is 5.91 Å². The second-order valence-electron chi connectivity index (χ2n) is 6.24. The maximum Gasteiger partial charge on any atom is 0.253 e. The van der Waals surface area contributed by atoms with Crippen molar-refractivity contribution >= 4 is 33.2 Å². The smallest absolute Gasteiger partial charge is 0.253 e. The molecule has 0 radical (unpaired) electrons. The molecule has 138 valence electrons. The zero-order valence-electron chi connectivity index (χ0n) is 14.4. The van der Waals surface area contributed by atoms with Crippen molar-refractivity contribution in [2.45, 2.75) is 11.3 Å². The molecule has 1 aliphatic heterocycles. The van der Waals surface area contributed by atoms with Crippen LogP contribution in [-0.4, -0.2) is 56.6 Å². The van der Waals surface area contributed by atoms with Gasteiger partial charge in [0.05, 0.1) is 0 Å². The van der Waals surface area contributed by atoms with Crippen molar-refractivity contribution in [3.05, 3.63) is 53.2 Å². The molecule has 0 bridgehead atoms. The summed E-state index contributed by atoms with van der Waals surface area (Å²) in [6, 6.07) is 10.1. The highest BCUT2D eigenvalue weighted by molar-refractivity contribution is 7.90. The van der Waals surface area contributed by atoms with E-state index in [1.165, 1.54) is 6.26 Å². The minimum absolute atomic E-state index is 0.0706. The Labute approximate surface area is 158 Å². The molecule has 2 heterocycles. The van der Waals surface area contributed by atoms with Crippen LogP contribution >= 0.6 is 11.6 Å². The van der Waals surface area contributed by atoms with Crippen LogP contribution in [0.4, 0.5) is 5.82 Å². The lowest BCUT2D eigenvalue weighted by atomic mass is 10.2. The first-order valence-corrected chi connectivity index (χ1v) is 10.6. The molecule has 0 atom stereocenters. The molecule has 0 aliphatic carbocycles. The molecular formula is C18H20ClN3O3S. The fraction of sp³-hybridized carbons (Fsp3) is 0.333. The van der Waals surface area contributed by atoms with E-state index in [0.717, 1.165) is 6.42 Å². The van der Waals surface area contributed by atoms with Gasteiger partial charge in [0, 0.05) is 49.2 Å². The number of benzene rings is 1. The highest BCUT2D eigenvalue weighted by atomic mass is 35.5. The molecule has 1 aromatic carbocycles. The molecule has 0 unspecified atom stereocenters. The number of amides is 1. The van der Waals surface area contributed by atoms with Crippen molar-refractivity contribution in [2.75, 3.05) is 37.3 Å². The monoisotopic (exact) mass is 393 g/mol. The van der Waals surface area contributed by atoms with E-state index in [1.807, 2.05) is 4.90 Å². The van der Waals surface area contributed by atoms with E-state index in [4.69, 9.17) is 11.6 Å². The second kappa shape index (κ2) is 7.63. The first kappa shape index (κ1) is 18.7. The Hall–Kier alpha value is -2.12. The van der Waals surface area contributed by atoms with Crippen molar-refractivity contribution in [1.82, 2.24) is 9.88 Å². The predicted octanol–water partition coefficient (Wildman–Crippen LogP) is 2.49. The molecular weight excluding hydrogens is 374 g/mol.